The number of phenolic OH excluding ortho intramolecular Hbond substituents is 1. The number of piperidine rings is 1. The molecule has 1 aliphatic carbocycles. The SMILES string of the molecule is O=C(c1cnc2ccc(-c3cc(Cl)c(O)c(Cl)c3)cc2c1Nc1c[nH]c(C2CCN(C(=O)O)CC2)c1)C1CC1. The van der Waals surface area contributed by atoms with Crippen LogP contribution < -0.4 is 5.32 Å². The number of Topliss-reactive ketones (excluding diaryl/α,β-unsaturated/α-hetero) is 1. The number of ketones is 1. The van der Waals surface area contributed by atoms with Crippen LogP contribution in [-0.4, -0.2) is 50.0 Å². The lowest BCUT2D eigenvalue weighted by Gasteiger charge is -2.29. The van der Waals surface area contributed by atoms with Gasteiger partial charge in [-0.25, -0.2) is 4.79 Å². The minimum absolute atomic E-state index is 0.0175. The van der Waals surface area contributed by atoms with Crippen molar-refractivity contribution in [3.8, 4) is 16.9 Å². The number of halogens is 2. The maximum absolute atomic E-state index is 13.3. The second kappa shape index (κ2) is 10.1. The van der Waals surface area contributed by atoms with E-state index in [1.54, 1.807) is 18.3 Å². The van der Waals surface area contributed by atoms with Gasteiger partial charge in [0.2, 0.25) is 0 Å². The van der Waals surface area contributed by atoms with Crippen LogP contribution in [0, 0.1) is 5.92 Å². The van der Waals surface area contributed by atoms with Gasteiger partial charge in [-0.2, -0.15) is 0 Å². The van der Waals surface area contributed by atoms with Crippen LogP contribution in [0.1, 0.15) is 47.7 Å². The Bertz CT molecular complexity index is 1580. The second-order valence-electron chi connectivity index (χ2n) is 10.2. The maximum atomic E-state index is 13.3. The van der Waals surface area contributed by atoms with Gasteiger partial charge in [-0.15, -0.1) is 0 Å². The van der Waals surface area contributed by atoms with Crippen LogP contribution in [0.2, 0.25) is 10.0 Å². The van der Waals surface area contributed by atoms with Crippen molar-refractivity contribution in [2.24, 2.45) is 5.92 Å². The first-order valence-corrected chi connectivity index (χ1v) is 13.6. The molecule has 6 rings (SSSR count). The largest absolute Gasteiger partial charge is 0.505 e. The summed E-state index contributed by atoms with van der Waals surface area (Å²) in [5.41, 5.74) is 5.33. The summed E-state index contributed by atoms with van der Waals surface area (Å²) in [6.07, 6.45) is 5.90. The molecule has 200 valence electrons. The highest BCUT2D eigenvalue weighted by Crippen LogP contribution is 2.41. The van der Waals surface area contributed by atoms with E-state index in [-0.39, 0.29) is 33.4 Å². The molecule has 4 aromatic rings. The molecule has 0 bridgehead atoms. The van der Waals surface area contributed by atoms with Crippen molar-refractivity contribution < 1.29 is 19.8 Å². The number of aromatic hydroxyl groups is 1. The van der Waals surface area contributed by atoms with Crippen molar-refractivity contribution >= 4 is 57.4 Å². The number of phenols is 1. The minimum Gasteiger partial charge on any atom is -0.505 e. The van der Waals surface area contributed by atoms with E-state index in [1.165, 1.54) is 4.90 Å². The summed E-state index contributed by atoms with van der Waals surface area (Å²) in [6, 6.07) is 11.1. The smallest absolute Gasteiger partial charge is 0.407 e. The lowest BCUT2D eigenvalue weighted by Crippen LogP contribution is -2.36. The van der Waals surface area contributed by atoms with Crippen LogP contribution in [0.3, 0.4) is 0 Å². The van der Waals surface area contributed by atoms with Crippen LogP contribution in [0.15, 0.2) is 48.8 Å². The zero-order chi connectivity index (χ0) is 27.3. The number of carbonyl (C=O) groups excluding carboxylic acids is 1. The first kappa shape index (κ1) is 25.5. The Labute approximate surface area is 234 Å². The van der Waals surface area contributed by atoms with Gasteiger partial charge >= 0.3 is 6.09 Å². The van der Waals surface area contributed by atoms with Crippen molar-refractivity contribution in [3.05, 3.63) is 70.1 Å². The summed E-state index contributed by atoms with van der Waals surface area (Å²) in [6.45, 7) is 1.01. The summed E-state index contributed by atoms with van der Waals surface area (Å²) in [4.78, 5) is 33.9. The fraction of sp³-hybridized carbons (Fsp3) is 0.276. The van der Waals surface area contributed by atoms with Crippen LogP contribution in [0.4, 0.5) is 16.2 Å². The first-order valence-electron chi connectivity index (χ1n) is 12.9. The molecule has 8 nitrogen and oxygen atoms in total. The quantitative estimate of drug-likeness (QED) is 0.181. The number of benzene rings is 2. The molecule has 4 N–H and O–H groups in total. The molecule has 1 amide bonds. The van der Waals surface area contributed by atoms with Crippen molar-refractivity contribution in [1.82, 2.24) is 14.9 Å². The zero-order valence-corrected chi connectivity index (χ0v) is 22.4. The van der Waals surface area contributed by atoms with Gasteiger partial charge in [-0.1, -0.05) is 29.3 Å². The van der Waals surface area contributed by atoms with Crippen LogP contribution >= 0.6 is 23.2 Å². The average molecular weight is 565 g/mol. The summed E-state index contributed by atoms with van der Waals surface area (Å²) in [5, 5.41) is 23.8. The Morgan fingerprint density at radius 3 is 2.38 bits per heavy atom. The lowest BCUT2D eigenvalue weighted by atomic mass is 9.94. The number of carbonyl (C=O) groups is 2. The number of anilines is 2. The molecule has 0 radical (unpaired) electrons. The normalized spacial score (nSPS) is 16.0. The maximum Gasteiger partial charge on any atom is 0.407 e. The van der Waals surface area contributed by atoms with E-state index in [1.807, 2.05) is 30.5 Å². The molecule has 0 atom stereocenters. The van der Waals surface area contributed by atoms with Crippen LogP contribution in [0.25, 0.3) is 22.0 Å². The van der Waals surface area contributed by atoms with E-state index in [9.17, 15) is 19.8 Å². The number of amides is 1. The van der Waals surface area contributed by atoms with E-state index in [4.69, 9.17) is 23.2 Å². The molecule has 1 saturated heterocycles. The fourth-order valence-corrected chi connectivity index (χ4v) is 5.72. The van der Waals surface area contributed by atoms with Gasteiger partial charge in [-0.05, 0) is 67.1 Å². The number of aromatic amines is 1. The van der Waals surface area contributed by atoms with Crippen LogP contribution in [-0.2, 0) is 0 Å². The third-order valence-electron chi connectivity index (χ3n) is 7.61. The Kier molecular flexibility index (Phi) is 6.61. The minimum atomic E-state index is -0.879. The highest BCUT2D eigenvalue weighted by atomic mass is 35.5. The number of aromatic nitrogens is 2. The third kappa shape index (κ3) is 5.02. The number of likely N-dealkylation sites (tertiary alicyclic amines) is 1. The molecular weight excluding hydrogens is 539 g/mol. The number of hydrogen-bond donors (Lipinski definition) is 4. The molecule has 2 aliphatic rings. The van der Waals surface area contributed by atoms with Gasteiger partial charge in [0.25, 0.3) is 0 Å². The predicted molar refractivity (Wildman–Crippen MR) is 152 cm³/mol. The highest BCUT2D eigenvalue weighted by molar-refractivity contribution is 6.37. The third-order valence-corrected chi connectivity index (χ3v) is 8.19. The van der Waals surface area contributed by atoms with Crippen molar-refractivity contribution in [3.63, 3.8) is 0 Å². The van der Waals surface area contributed by atoms with Gasteiger partial charge in [-0.3, -0.25) is 9.78 Å². The number of H-pyrrole nitrogens is 1. The highest BCUT2D eigenvalue weighted by Gasteiger charge is 2.33. The topological polar surface area (TPSA) is 119 Å². The lowest BCUT2D eigenvalue weighted by molar-refractivity contribution is 0.0968. The van der Waals surface area contributed by atoms with Gasteiger partial charge in [0.05, 0.1) is 32.5 Å². The van der Waals surface area contributed by atoms with E-state index in [0.717, 1.165) is 59.1 Å². The molecular formula is C29H26Cl2N4O4. The Morgan fingerprint density at radius 2 is 1.72 bits per heavy atom. The van der Waals surface area contributed by atoms with Gasteiger partial charge < -0.3 is 25.4 Å². The molecule has 2 fully saturated rings. The molecule has 2 aromatic carbocycles. The number of nitrogens with one attached hydrogen (secondary N) is 2. The number of pyridine rings is 1. The van der Waals surface area contributed by atoms with Gasteiger partial charge in [0.15, 0.2) is 11.5 Å². The molecule has 0 unspecified atom stereocenters. The molecule has 1 aliphatic heterocycles. The van der Waals surface area contributed by atoms with Crippen molar-refractivity contribution in [2.75, 3.05) is 18.4 Å². The van der Waals surface area contributed by atoms with Gasteiger partial charge in [0, 0.05) is 48.4 Å². The second-order valence-corrected chi connectivity index (χ2v) is 11.0. The molecule has 0 spiro atoms. The van der Waals surface area contributed by atoms with E-state index in [0.29, 0.717) is 24.3 Å². The molecule has 39 heavy (non-hydrogen) atoms. The van der Waals surface area contributed by atoms with Gasteiger partial charge in [0.1, 0.15) is 0 Å². The van der Waals surface area contributed by atoms with E-state index < -0.39 is 6.09 Å². The van der Waals surface area contributed by atoms with Crippen molar-refractivity contribution in [2.45, 2.75) is 31.6 Å². The summed E-state index contributed by atoms with van der Waals surface area (Å²) in [5.74, 6) is 0.156. The molecule has 3 heterocycles. The van der Waals surface area contributed by atoms with Crippen molar-refractivity contribution in [1.29, 1.82) is 0 Å². The summed E-state index contributed by atoms with van der Waals surface area (Å²) in [7, 11) is 0. The standard InChI is InChI=1S/C29H26Cl2N4O4/c30-22-10-18(11-23(31)28(22)37)17-3-4-24-20(9-17)26(21(14-33-24)27(36)16-1-2-16)34-19-12-25(32-13-19)15-5-7-35(8-6-15)29(38)39/h3-4,9-16,32,37H,1-2,5-8H2,(H,33,34)(H,38,39). The molecule has 10 heteroatoms. The average Bonchev–Trinajstić information content (AvgIpc) is 3.69. The Morgan fingerprint density at radius 1 is 1.00 bits per heavy atom. The number of nitrogens with zero attached hydrogens (tertiary/aromatic N) is 2. The number of carboxylic acid groups (broad SMARTS) is 1. The fourth-order valence-electron chi connectivity index (χ4n) is 5.24. The predicted octanol–water partition coefficient (Wildman–Crippen LogP) is 7.44. The van der Waals surface area contributed by atoms with E-state index >= 15 is 0 Å². The zero-order valence-electron chi connectivity index (χ0n) is 20.9. The molecule has 2 aromatic heterocycles. The van der Waals surface area contributed by atoms with Crippen LogP contribution in [0.5, 0.6) is 5.75 Å². The summed E-state index contributed by atoms with van der Waals surface area (Å²) < 4.78 is 0. The first-order chi connectivity index (χ1) is 18.8. The molecule has 1 saturated carbocycles. The monoisotopic (exact) mass is 564 g/mol. The number of hydrogen-bond acceptors (Lipinski definition) is 5. The summed E-state index contributed by atoms with van der Waals surface area (Å²) >= 11 is 12.4. The Balaban J connectivity index is 1.37. The number of rotatable bonds is 6. The number of fused-ring (bicyclic) bond motifs is 1. The van der Waals surface area contributed by atoms with E-state index in [2.05, 4.69) is 15.3 Å². The Hall–Kier alpha value is -3.75.